The third kappa shape index (κ3) is 6.29. The lowest BCUT2D eigenvalue weighted by atomic mass is 9.80. The van der Waals surface area contributed by atoms with E-state index in [4.69, 9.17) is 0 Å². The number of carbonyl (C=O) groups is 2. The van der Waals surface area contributed by atoms with Crippen LogP contribution in [0.15, 0.2) is 42.5 Å². The summed E-state index contributed by atoms with van der Waals surface area (Å²) >= 11 is 0. The average molecular weight is 581 g/mol. The summed E-state index contributed by atoms with van der Waals surface area (Å²) in [6.45, 7) is -0.00160. The number of aliphatic hydroxyl groups excluding tert-OH is 1. The first-order chi connectivity index (χ1) is 19.3. The van der Waals surface area contributed by atoms with Crippen molar-refractivity contribution in [3.8, 4) is 0 Å². The number of carbonyl (C=O) groups excluding carboxylic acids is 2. The molecule has 0 radical (unpaired) electrons. The first-order valence-corrected chi connectivity index (χ1v) is 13.7. The third-order valence-electron chi connectivity index (χ3n) is 8.39. The summed E-state index contributed by atoms with van der Waals surface area (Å²) < 4.78 is 80.1. The number of rotatable bonds is 3. The Morgan fingerprint density at radius 3 is 2.37 bits per heavy atom. The van der Waals surface area contributed by atoms with Crippen molar-refractivity contribution < 1.29 is 41.0 Å². The minimum absolute atomic E-state index is 0.00160. The molecule has 1 fully saturated rings. The summed E-state index contributed by atoms with van der Waals surface area (Å²) in [6.07, 6.45) is -6.72. The van der Waals surface area contributed by atoms with E-state index < -0.39 is 47.7 Å². The van der Waals surface area contributed by atoms with Crippen molar-refractivity contribution in [3.05, 3.63) is 64.7 Å². The molecule has 0 saturated heterocycles. The standard InChI is InChI=1S/C30H30F6N2O3/c31-29(32,33)20-7-4-18(5-8-20)28(41)38-13-12-19(23-11-9-21(15-26(23)38)30(34,35)36)14-27(40)37-25-3-1-2-17-6-10-22(39)16-24(17)25/h1-3,9,11,14-15,18,20,22,39H,4-8,10,12-13,16H2,(H,37,40)/b19-14+. The number of anilines is 2. The van der Waals surface area contributed by atoms with E-state index in [0.29, 0.717) is 36.1 Å². The lowest BCUT2D eigenvalue weighted by Gasteiger charge is -2.36. The highest BCUT2D eigenvalue weighted by Gasteiger charge is 2.44. The second-order valence-corrected chi connectivity index (χ2v) is 11.1. The Balaban J connectivity index is 1.40. The predicted octanol–water partition coefficient (Wildman–Crippen LogP) is 6.68. The van der Waals surface area contributed by atoms with Gasteiger partial charge in [0.25, 0.3) is 0 Å². The number of fused-ring (bicyclic) bond motifs is 2. The number of alkyl halides is 6. The van der Waals surface area contributed by atoms with Gasteiger partial charge in [0, 0.05) is 36.2 Å². The topological polar surface area (TPSA) is 69.6 Å². The summed E-state index contributed by atoms with van der Waals surface area (Å²) in [5.74, 6) is -3.19. The van der Waals surface area contributed by atoms with E-state index in [-0.39, 0.29) is 44.3 Å². The monoisotopic (exact) mass is 580 g/mol. The van der Waals surface area contributed by atoms with Gasteiger partial charge in [0.05, 0.1) is 23.3 Å². The van der Waals surface area contributed by atoms with Crippen LogP contribution >= 0.6 is 0 Å². The lowest BCUT2D eigenvalue weighted by Crippen LogP contribution is -2.41. The lowest BCUT2D eigenvalue weighted by molar-refractivity contribution is -0.184. The van der Waals surface area contributed by atoms with Crippen molar-refractivity contribution in [3.63, 3.8) is 0 Å². The third-order valence-corrected chi connectivity index (χ3v) is 8.39. The van der Waals surface area contributed by atoms with Gasteiger partial charge in [0.2, 0.25) is 11.8 Å². The number of aliphatic hydroxyl groups is 1. The highest BCUT2D eigenvalue weighted by molar-refractivity contribution is 6.07. The molecule has 41 heavy (non-hydrogen) atoms. The highest BCUT2D eigenvalue weighted by Crippen LogP contribution is 2.43. The smallest absolute Gasteiger partial charge is 0.393 e. The average Bonchev–Trinajstić information content (AvgIpc) is 2.92. The number of nitrogens with zero attached hydrogens (tertiary/aromatic N) is 1. The van der Waals surface area contributed by atoms with Crippen LogP contribution < -0.4 is 10.2 Å². The quantitative estimate of drug-likeness (QED) is 0.314. The summed E-state index contributed by atoms with van der Waals surface area (Å²) in [4.78, 5) is 27.7. The van der Waals surface area contributed by atoms with Gasteiger partial charge in [-0.2, -0.15) is 26.3 Å². The second kappa shape index (κ2) is 11.2. The summed E-state index contributed by atoms with van der Waals surface area (Å²) in [5, 5.41) is 12.9. The number of amides is 2. The van der Waals surface area contributed by atoms with Crippen molar-refractivity contribution in [1.82, 2.24) is 0 Å². The molecule has 11 heteroatoms. The van der Waals surface area contributed by atoms with Gasteiger partial charge >= 0.3 is 12.4 Å². The van der Waals surface area contributed by atoms with E-state index in [1.165, 1.54) is 17.0 Å². The van der Waals surface area contributed by atoms with Gasteiger partial charge in [0.1, 0.15) is 0 Å². The van der Waals surface area contributed by atoms with Crippen LogP contribution in [0.3, 0.4) is 0 Å². The molecule has 0 bridgehead atoms. The minimum atomic E-state index is -4.68. The molecule has 2 aliphatic carbocycles. The number of nitrogens with one attached hydrogen (secondary N) is 1. The van der Waals surface area contributed by atoms with E-state index in [2.05, 4.69) is 5.32 Å². The van der Waals surface area contributed by atoms with Crippen LogP contribution in [0.25, 0.3) is 5.57 Å². The predicted molar refractivity (Wildman–Crippen MR) is 141 cm³/mol. The molecular weight excluding hydrogens is 550 g/mol. The summed E-state index contributed by atoms with van der Waals surface area (Å²) in [6, 6.07) is 8.46. The van der Waals surface area contributed by atoms with E-state index in [0.717, 1.165) is 23.3 Å². The number of hydrogen-bond acceptors (Lipinski definition) is 3. The van der Waals surface area contributed by atoms with Crippen LogP contribution in [0, 0.1) is 11.8 Å². The Morgan fingerprint density at radius 1 is 0.951 bits per heavy atom. The number of benzene rings is 2. The fraction of sp³-hybridized carbons (Fsp3) is 0.467. The Hall–Kier alpha value is -3.34. The van der Waals surface area contributed by atoms with E-state index >= 15 is 0 Å². The molecule has 1 saturated carbocycles. The molecule has 1 unspecified atom stereocenters. The Kier molecular flexibility index (Phi) is 7.93. The zero-order valence-corrected chi connectivity index (χ0v) is 22.1. The Labute approximate surface area is 233 Å². The number of aryl methyl sites for hydroxylation is 1. The molecule has 2 aromatic carbocycles. The van der Waals surface area contributed by atoms with Gasteiger partial charge in [-0.25, -0.2) is 0 Å². The van der Waals surface area contributed by atoms with Crippen LogP contribution in [0.2, 0.25) is 0 Å². The molecule has 5 rings (SSSR count). The summed E-state index contributed by atoms with van der Waals surface area (Å²) in [5.41, 5.74) is 2.19. The maximum absolute atomic E-state index is 13.6. The molecule has 220 valence electrons. The van der Waals surface area contributed by atoms with Gasteiger partial charge in [-0.05, 0) is 79.8 Å². The van der Waals surface area contributed by atoms with Gasteiger partial charge < -0.3 is 15.3 Å². The maximum atomic E-state index is 13.6. The molecule has 5 nitrogen and oxygen atoms in total. The molecule has 2 N–H and O–H groups in total. The van der Waals surface area contributed by atoms with Crippen molar-refractivity contribution >= 4 is 28.8 Å². The van der Waals surface area contributed by atoms with Gasteiger partial charge in [0.15, 0.2) is 0 Å². The van der Waals surface area contributed by atoms with Crippen LogP contribution in [-0.4, -0.2) is 35.7 Å². The molecule has 3 aliphatic rings. The largest absolute Gasteiger partial charge is 0.416 e. The van der Waals surface area contributed by atoms with E-state index in [1.807, 2.05) is 6.07 Å². The van der Waals surface area contributed by atoms with Crippen LogP contribution in [0.4, 0.5) is 37.7 Å². The van der Waals surface area contributed by atoms with Crippen LogP contribution in [0.1, 0.15) is 60.8 Å². The zero-order valence-electron chi connectivity index (χ0n) is 22.1. The minimum Gasteiger partial charge on any atom is -0.393 e. The zero-order chi connectivity index (χ0) is 29.5. The SMILES string of the molecule is O=C(/C=C1\CCN(C(=O)C2CCC(C(F)(F)F)CC2)c2cc(C(F)(F)F)ccc21)Nc1cccc2c1CC(O)CC2. The molecule has 1 atom stereocenters. The maximum Gasteiger partial charge on any atom is 0.416 e. The highest BCUT2D eigenvalue weighted by atomic mass is 19.4. The summed E-state index contributed by atoms with van der Waals surface area (Å²) in [7, 11) is 0. The first-order valence-electron chi connectivity index (χ1n) is 13.7. The molecule has 1 heterocycles. The fourth-order valence-electron chi connectivity index (χ4n) is 6.17. The van der Waals surface area contributed by atoms with Crippen molar-refractivity contribution in [2.75, 3.05) is 16.8 Å². The van der Waals surface area contributed by atoms with Crippen LogP contribution in [0.5, 0.6) is 0 Å². The normalized spacial score (nSPS) is 24.0. The van der Waals surface area contributed by atoms with Gasteiger partial charge in [-0.3, -0.25) is 9.59 Å². The number of halogens is 6. The van der Waals surface area contributed by atoms with Crippen molar-refractivity contribution in [2.45, 2.75) is 69.8 Å². The fourth-order valence-corrected chi connectivity index (χ4v) is 6.17. The van der Waals surface area contributed by atoms with E-state index in [9.17, 15) is 41.0 Å². The molecule has 2 aromatic rings. The number of hydrogen-bond donors (Lipinski definition) is 2. The molecule has 0 spiro atoms. The molecule has 1 aliphatic heterocycles. The van der Waals surface area contributed by atoms with Crippen molar-refractivity contribution in [2.24, 2.45) is 11.8 Å². The Morgan fingerprint density at radius 2 is 1.68 bits per heavy atom. The Bertz CT molecular complexity index is 1360. The van der Waals surface area contributed by atoms with Crippen LogP contribution in [-0.2, 0) is 28.6 Å². The molecule has 0 aromatic heterocycles. The first kappa shape index (κ1) is 29.2. The van der Waals surface area contributed by atoms with Crippen molar-refractivity contribution in [1.29, 1.82) is 0 Å². The van der Waals surface area contributed by atoms with Gasteiger partial charge in [-0.15, -0.1) is 0 Å². The van der Waals surface area contributed by atoms with Gasteiger partial charge in [-0.1, -0.05) is 18.2 Å². The second-order valence-electron chi connectivity index (χ2n) is 11.1. The molecule has 2 amide bonds. The molecular formula is C30H30F6N2O3. The van der Waals surface area contributed by atoms with E-state index in [1.54, 1.807) is 12.1 Å².